The van der Waals surface area contributed by atoms with Crippen molar-refractivity contribution in [1.29, 1.82) is 0 Å². The quantitative estimate of drug-likeness (QED) is 0.903. The zero-order valence-electron chi connectivity index (χ0n) is 13.5. The minimum Gasteiger partial charge on any atom is -0.299 e. The topological polar surface area (TPSA) is 49.4 Å². The summed E-state index contributed by atoms with van der Waals surface area (Å²) in [6, 6.07) is 4.22. The van der Waals surface area contributed by atoms with Crippen molar-refractivity contribution in [3.05, 3.63) is 29.6 Å². The van der Waals surface area contributed by atoms with E-state index < -0.39 is 15.8 Å². The van der Waals surface area contributed by atoms with Crippen LogP contribution in [0.2, 0.25) is 0 Å². The zero-order chi connectivity index (χ0) is 16.3. The summed E-state index contributed by atoms with van der Waals surface area (Å²) in [5.74, 6) is -0.0700. The summed E-state index contributed by atoms with van der Waals surface area (Å²) in [5, 5.41) is 0. The van der Waals surface area contributed by atoms with Crippen LogP contribution in [0.3, 0.4) is 0 Å². The second-order valence-electron chi connectivity index (χ2n) is 6.38. The Morgan fingerprint density at radius 2 is 2.18 bits per heavy atom. The van der Waals surface area contributed by atoms with Crippen molar-refractivity contribution >= 4 is 10.0 Å². The van der Waals surface area contributed by atoms with E-state index >= 15 is 0 Å². The number of hydrogen-bond donors (Lipinski definition) is 1. The van der Waals surface area contributed by atoms with Crippen molar-refractivity contribution in [2.24, 2.45) is 5.92 Å². The molecule has 4 nitrogen and oxygen atoms in total. The van der Waals surface area contributed by atoms with Gasteiger partial charge in [-0.05, 0) is 56.8 Å². The van der Waals surface area contributed by atoms with Gasteiger partial charge in [0.15, 0.2) is 0 Å². The monoisotopic (exact) mass is 328 g/mol. The number of sulfonamides is 1. The first-order valence-corrected chi connectivity index (χ1v) is 9.28. The summed E-state index contributed by atoms with van der Waals surface area (Å²) in [6.07, 6.45) is 2.37. The Morgan fingerprint density at radius 1 is 1.45 bits per heavy atom. The normalized spacial score (nSPS) is 21.7. The molecule has 2 rings (SSSR count). The van der Waals surface area contributed by atoms with E-state index in [2.05, 4.69) is 16.5 Å². The van der Waals surface area contributed by atoms with Crippen LogP contribution >= 0.6 is 0 Å². The van der Waals surface area contributed by atoms with Gasteiger partial charge < -0.3 is 0 Å². The van der Waals surface area contributed by atoms with E-state index in [0.29, 0.717) is 12.5 Å². The Labute approximate surface area is 132 Å². The Kier molecular flexibility index (Phi) is 5.58. The third-order valence-electron chi connectivity index (χ3n) is 4.26. The molecule has 1 aliphatic heterocycles. The third kappa shape index (κ3) is 4.27. The summed E-state index contributed by atoms with van der Waals surface area (Å²) in [6.45, 7) is 8.24. The van der Waals surface area contributed by atoms with Gasteiger partial charge >= 0.3 is 0 Å². The van der Waals surface area contributed by atoms with E-state index in [1.54, 1.807) is 13.0 Å². The van der Waals surface area contributed by atoms with Gasteiger partial charge in [0.1, 0.15) is 10.7 Å². The number of halogens is 1. The smallest absolute Gasteiger partial charge is 0.243 e. The van der Waals surface area contributed by atoms with Gasteiger partial charge in [0.05, 0.1) is 0 Å². The maximum Gasteiger partial charge on any atom is 0.243 e. The van der Waals surface area contributed by atoms with E-state index in [9.17, 15) is 12.8 Å². The van der Waals surface area contributed by atoms with E-state index in [4.69, 9.17) is 0 Å². The minimum atomic E-state index is -3.81. The first-order chi connectivity index (χ1) is 10.3. The third-order valence-corrected chi connectivity index (χ3v) is 5.70. The van der Waals surface area contributed by atoms with E-state index in [-0.39, 0.29) is 10.9 Å². The van der Waals surface area contributed by atoms with Gasteiger partial charge in [0.2, 0.25) is 10.0 Å². The summed E-state index contributed by atoms with van der Waals surface area (Å²) < 4.78 is 40.9. The van der Waals surface area contributed by atoms with Crippen LogP contribution in [-0.2, 0) is 10.0 Å². The maximum absolute atomic E-state index is 13.8. The lowest BCUT2D eigenvalue weighted by atomic mass is 9.99. The summed E-state index contributed by atoms with van der Waals surface area (Å²) >= 11 is 0. The van der Waals surface area contributed by atoms with Crippen LogP contribution in [0.1, 0.15) is 32.3 Å². The molecule has 1 aromatic carbocycles. The molecule has 0 aromatic heterocycles. The lowest BCUT2D eigenvalue weighted by molar-refractivity contribution is 0.140. The standard InChI is InChI=1S/C16H25FN2O2S/c1-12-6-7-15(17)16(9-12)22(20,21)18-10-14(3)19-8-4-5-13(2)11-19/h6-7,9,13-14,18H,4-5,8,10-11H2,1-3H3/t13-,14-/m0/s1. The number of hydrogen-bond acceptors (Lipinski definition) is 3. The molecular formula is C16H25FN2O2S. The van der Waals surface area contributed by atoms with Crippen molar-refractivity contribution in [2.45, 2.75) is 44.6 Å². The molecule has 1 N–H and O–H groups in total. The van der Waals surface area contributed by atoms with E-state index in [1.807, 2.05) is 6.92 Å². The molecule has 124 valence electrons. The number of nitrogens with zero attached hydrogens (tertiary/aromatic N) is 1. The van der Waals surface area contributed by atoms with Crippen molar-refractivity contribution < 1.29 is 12.8 Å². The van der Waals surface area contributed by atoms with Crippen LogP contribution in [0, 0.1) is 18.7 Å². The molecular weight excluding hydrogens is 303 g/mol. The molecule has 22 heavy (non-hydrogen) atoms. The van der Waals surface area contributed by atoms with Gasteiger partial charge in [0.25, 0.3) is 0 Å². The fourth-order valence-corrected chi connectivity index (χ4v) is 4.16. The largest absolute Gasteiger partial charge is 0.299 e. The van der Waals surface area contributed by atoms with Crippen molar-refractivity contribution in [2.75, 3.05) is 19.6 Å². The molecule has 1 heterocycles. The first-order valence-electron chi connectivity index (χ1n) is 7.79. The average Bonchev–Trinajstić information content (AvgIpc) is 2.47. The number of nitrogens with one attached hydrogen (secondary N) is 1. The lowest BCUT2D eigenvalue weighted by Crippen LogP contribution is -2.46. The molecule has 1 aromatic rings. The molecule has 2 atom stereocenters. The Bertz CT molecular complexity index is 619. The van der Waals surface area contributed by atoms with E-state index in [0.717, 1.165) is 25.1 Å². The Hall–Kier alpha value is -0.980. The maximum atomic E-state index is 13.8. The van der Waals surface area contributed by atoms with Crippen molar-refractivity contribution in [3.8, 4) is 0 Å². The highest BCUT2D eigenvalue weighted by Gasteiger charge is 2.24. The highest BCUT2D eigenvalue weighted by atomic mass is 32.2. The van der Waals surface area contributed by atoms with Crippen LogP contribution in [0.25, 0.3) is 0 Å². The van der Waals surface area contributed by atoms with Gasteiger partial charge in [-0.25, -0.2) is 17.5 Å². The number of piperidine rings is 1. The minimum absolute atomic E-state index is 0.102. The fraction of sp³-hybridized carbons (Fsp3) is 0.625. The highest BCUT2D eigenvalue weighted by Crippen LogP contribution is 2.19. The van der Waals surface area contributed by atoms with Crippen molar-refractivity contribution in [3.63, 3.8) is 0 Å². The molecule has 0 aliphatic carbocycles. The molecule has 1 fully saturated rings. The predicted molar refractivity (Wildman–Crippen MR) is 85.8 cm³/mol. The molecule has 1 saturated heterocycles. The fourth-order valence-electron chi connectivity index (χ4n) is 2.88. The summed E-state index contributed by atoms with van der Waals surface area (Å²) in [7, 11) is -3.81. The molecule has 1 aliphatic rings. The summed E-state index contributed by atoms with van der Waals surface area (Å²) in [5.41, 5.74) is 0.722. The van der Waals surface area contributed by atoms with Crippen LogP contribution < -0.4 is 4.72 Å². The van der Waals surface area contributed by atoms with Gasteiger partial charge in [-0.2, -0.15) is 0 Å². The van der Waals surface area contributed by atoms with Crippen LogP contribution in [0.15, 0.2) is 23.1 Å². The number of aryl methyl sites for hydroxylation is 1. The van der Waals surface area contributed by atoms with Crippen molar-refractivity contribution in [1.82, 2.24) is 9.62 Å². The molecule has 0 saturated carbocycles. The second kappa shape index (κ2) is 7.06. The van der Waals surface area contributed by atoms with Crippen LogP contribution in [0.4, 0.5) is 4.39 Å². The molecule has 0 spiro atoms. The number of rotatable bonds is 5. The van der Waals surface area contributed by atoms with Gasteiger partial charge in [-0.1, -0.05) is 13.0 Å². The highest BCUT2D eigenvalue weighted by molar-refractivity contribution is 7.89. The predicted octanol–water partition coefficient (Wildman–Crippen LogP) is 2.53. The van der Waals surface area contributed by atoms with Gasteiger partial charge in [-0.3, -0.25) is 4.90 Å². The Balaban J connectivity index is 2.01. The van der Waals surface area contributed by atoms with E-state index in [1.165, 1.54) is 18.6 Å². The first kappa shape index (κ1) is 17.4. The van der Waals surface area contributed by atoms with Gasteiger partial charge in [0, 0.05) is 19.1 Å². The Morgan fingerprint density at radius 3 is 2.86 bits per heavy atom. The zero-order valence-corrected chi connectivity index (χ0v) is 14.3. The number of likely N-dealkylation sites (tertiary alicyclic amines) is 1. The summed E-state index contributed by atoms with van der Waals surface area (Å²) in [4.78, 5) is 2.02. The molecule has 6 heteroatoms. The van der Waals surface area contributed by atoms with Gasteiger partial charge in [-0.15, -0.1) is 0 Å². The van der Waals surface area contributed by atoms with Crippen LogP contribution in [-0.4, -0.2) is 39.0 Å². The molecule has 0 amide bonds. The number of benzene rings is 1. The molecule has 0 unspecified atom stereocenters. The average molecular weight is 328 g/mol. The second-order valence-corrected chi connectivity index (χ2v) is 8.11. The SMILES string of the molecule is Cc1ccc(F)c(S(=O)(=O)NC[C@H](C)N2CCC[C@H](C)C2)c1. The molecule has 0 bridgehead atoms. The molecule has 0 radical (unpaired) electrons. The lowest BCUT2D eigenvalue weighted by Gasteiger charge is -2.35. The van der Waals surface area contributed by atoms with Crippen LogP contribution in [0.5, 0.6) is 0 Å².